The maximum absolute atomic E-state index is 11.6. The molecule has 0 aliphatic heterocycles. The van der Waals surface area contributed by atoms with Crippen molar-refractivity contribution in [1.29, 1.82) is 0 Å². The molecular formula is C9H10Br2N2O. The lowest BCUT2D eigenvalue weighted by molar-refractivity contribution is 0.0954. The maximum Gasteiger partial charge on any atom is 0.252 e. The molecule has 76 valence electrons. The topological polar surface area (TPSA) is 55.1 Å². The molecule has 3 N–H and O–H groups in total. The van der Waals surface area contributed by atoms with Crippen molar-refractivity contribution >= 4 is 37.8 Å². The van der Waals surface area contributed by atoms with Crippen molar-refractivity contribution in [3.8, 4) is 0 Å². The summed E-state index contributed by atoms with van der Waals surface area (Å²) < 4.78 is 1.65. The highest BCUT2D eigenvalue weighted by atomic mass is 79.9. The molecule has 14 heavy (non-hydrogen) atoms. The highest BCUT2D eigenvalue weighted by Gasteiger charge is 2.08. The normalized spacial score (nSPS) is 9.93. The Hall–Kier alpha value is -0.390. The van der Waals surface area contributed by atoms with Crippen LogP contribution in [0, 0.1) is 0 Å². The van der Waals surface area contributed by atoms with Gasteiger partial charge in [0.25, 0.3) is 5.91 Å². The summed E-state index contributed by atoms with van der Waals surface area (Å²) in [5, 5.41) is 2.70. The molecule has 0 radical (unpaired) electrons. The Morgan fingerprint density at radius 3 is 2.79 bits per heavy atom. The minimum Gasteiger partial charge on any atom is -0.351 e. The van der Waals surface area contributed by atoms with Crippen LogP contribution in [0.25, 0.3) is 0 Å². The van der Waals surface area contributed by atoms with E-state index in [4.69, 9.17) is 5.73 Å². The fraction of sp³-hybridized carbons (Fsp3) is 0.222. The predicted octanol–water partition coefficient (Wildman–Crippen LogP) is 1.90. The van der Waals surface area contributed by atoms with Crippen LogP contribution < -0.4 is 11.1 Å². The molecule has 0 spiro atoms. The first-order valence-corrected chi connectivity index (χ1v) is 5.67. The van der Waals surface area contributed by atoms with Gasteiger partial charge in [0, 0.05) is 22.0 Å². The predicted molar refractivity (Wildman–Crippen MR) is 63.2 cm³/mol. The van der Waals surface area contributed by atoms with Crippen molar-refractivity contribution in [3.63, 3.8) is 0 Å². The first-order chi connectivity index (χ1) is 6.65. The molecule has 5 heteroatoms. The van der Waals surface area contributed by atoms with E-state index in [9.17, 15) is 4.79 Å². The lowest BCUT2D eigenvalue weighted by atomic mass is 10.2. The number of benzene rings is 1. The van der Waals surface area contributed by atoms with Crippen LogP contribution in [0.15, 0.2) is 27.1 Å². The zero-order chi connectivity index (χ0) is 10.6. The molecule has 0 heterocycles. The van der Waals surface area contributed by atoms with Gasteiger partial charge in [0.2, 0.25) is 0 Å². The lowest BCUT2D eigenvalue weighted by Crippen LogP contribution is -2.29. The van der Waals surface area contributed by atoms with Gasteiger partial charge in [0.05, 0.1) is 5.56 Å². The first-order valence-electron chi connectivity index (χ1n) is 4.08. The molecule has 1 aromatic rings. The van der Waals surface area contributed by atoms with E-state index in [0.29, 0.717) is 18.7 Å². The summed E-state index contributed by atoms with van der Waals surface area (Å²) in [6.45, 7) is 0.926. The van der Waals surface area contributed by atoms with E-state index < -0.39 is 0 Å². The molecule has 0 aliphatic rings. The molecule has 0 aliphatic carbocycles. The largest absolute Gasteiger partial charge is 0.351 e. The second kappa shape index (κ2) is 5.48. The van der Waals surface area contributed by atoms with Crippen molar-refractivity contribution in [2.75, 3.05) is 13.1 Å². The molecule has 0 atom stereocenters. The summed E-state index contributed by atoms with van der Waals surface area (Å²) in [5.74, 6) is -0.122. The first kappa shape index (κ1) is 11.7. The van der Waals surface area contributed by atoms with Crippen LogP contribution in [0.4, 0.5) is 0 Å². The molecule has 3 nitrogen and oxygen atoms in total. The number of amides is 1. The number of rotatable bonds is 3. The maximum atomic E-state index is 11.6. The van der Waals surface area contributed by atoms with Crippen molar-refractivity contribution < 1.29 is 4.79 Å². The van der Waals surface area contributed by atoms with Crippen molar-refractivity contribution in [2.24, 2.45) is 5.73 Å². The molecule has 1 rings (SSSR count). The third-order valence-electron chi connectivity index (χ3n) is 1.60. The molecule has 0 unspecified atom stereocenters. The lowest BCUT2D eigenvalue weighted by Gasteiger charge is -2.05. The van der Waals surface area contributed by atoms with Crippen LogP contribution in [-0.2, 0) is 0 Å². The minimum atomic E-state index is -0.122. The van der Waals surface area contributed by atoms with E-state index in [1.807, 2.05) is 12.1 Å². The summed E-state index contributed by atoms with van der Waals surface area (Å²) >= 11 is 6.62. The Bertz CT molecular complexity index is 342. The zero-order valence-electron chi connectivity index (χ0n) is 7.39. The number of hydrogen-bond acceptors (Lipinski definition) is 2. The molecule has 0 fully saturated rings. The van der Waals surface area contributed by atoms with Crippen LogP contribution in [0.2, 0.25) is 0 Å². The SMILES string of the molecule is NCCNC(=O)c1cc(Br)ccc1Br. The summed E-state index contributed by atoms with van der Waals surface area (Å²) in [6, 6.07) is 5.45. The Morgan fingerprint density at radius 1 is 1.43 bits per heavy atom. The van der Waals surface area contributed by atoms with E-state index >= 15 is 0 Å². The third kappa shape index (κ3) is 3.08. The fourth-order valence-corrected chi connectivity index (χ4v) is 1.74. The van der Waals surface area contributed by atoms with E-state index in [2.05, 4.69) is 37.2 Å². The third-order valence-corrected chi connectivity index (χ3v) is 2.79. The summed E-state index contributed by atoms with van der Waals surface area (Å²) in [7, 11) is 0. The van der Waals surface area contributed by atoms with Gasteiger partial charge in [-0.3, -0.25) is 4.79 Å². The highest BCUT2D eigenvalue weighted by Crippen LogP contribution is 2.21. The van der Waals surface area contributed by atoms with E-state index in [1.165, 1.54) is 0 Å². The molecule has 0 saturated heterocycles. The molecule has 1 aromatic carbocycles. The van der Waals surface area contributed by atoms with Crippen LogP contribution in [0.5, 0.6) is 0 Å². The van der Waals surface area contributed by atoms with Crippen LogP contribution >= 0.6 is 31.9 Å². The number of nitrogens with two attached hydrogens (primary N) is 1. The van der Waals surface area contributed by atoms with Crippen LogP contribution in [-0.4, -0.2) is 19.0 Å². The zero-order valence-corrected chi connectivity index (χ0v) is 10.6. The molecule has 0 saturated carbocycles. The molecule has 0 aromatic heterocycles. The van der Waals surface area contributed by atoms with Gasteiger partial charge in [-0.05, 0) is 34.1 Å². The van der Waals surface area contributed by atoms with Gasteiger partial charge < -0.3 is 11.1 Å². The molecule has 0 bridgehead atoms. The number of nitrogens with one attached hydrogen (secondary N) is 1. The van der Waals surface area contributed by atoms with Gasteiger partial charge in [0.1, 0.15) is 0 Å². The Labute approximate surface area is 99.3 Å². The van der Waals surface area contributed by atoms with Gasteiger partial charge in [-0.25, -0.2) is 0 Å². The molecular weight excluding hydrogens is 312 g/mol. The van der Waals surface area contributed by atoms with E-state index in [0.717, 1.165) is 8.95 Å². The van der Waals surface area contributed by atoms with Crippen molar-refractivity contribution in [2.45, 2.75) is 0 Å². The second-order valence-electron chi connectivity index (χ2n) is 2.67. The van der Waals surface area contributed by atoms with Crippen LogP contribution in [0.3, 0.4) is 0 Å². The highest BCUT2D eigenvalue weighted by molar-refractivity contribution is 9.11. The quantitative estimate of drug-likeness (QED) is 0.893. The van der Waals surface area contributed by atoms with Gasteiger partial charge in [0.15, 0.2) is 0 Å². The van der Waals surface area contributed by atoms with Gasteiger partial charge in [-0.2, -0.15) is 0 Å². The average molecular weight is 322 g/mol. The standard InChI is InChI=1S/C9H10Br2N2O/c10-6-1-2-8(11)7(5-6)9(14)13-4-3-12/h1-2,5H,3-4,12H2,(H,13,14). The fourth-order valence-electron chi connectivity index (χ4n) is 0.952. The van der Waals surface area contributed by atoms with Crippen LogP contribution in [0.1, 0.15) is 10.4 Å². The Morgan fingerprint density at radius 2 is 2.14 bits per heavy atom. The minimum absolute atomic E-state index is 0.122. The summed E-state index contributed by atoms with van der Waals surface area (Å²) in [5.41, 5.74) is 5.89. The summed E-state index contributed by atoms with van der Waals surface area (Å²) in [4.78, 5) is 11.6. The smallest absolute Gasteiger partial charge is 0.252 e. The van der Waals surface area contributed by atoms with E-state index in [-0.39, 0.29) is 5.91 Å². The van der Waals surface area contributed by atoms with Gasteiger partial charge in [-0.1, -0.05) is 15.9 Å². The number of halogens is 2. The van der Waals surface area contributed by atoms with E-state index in [1.54, 1.807) is 6.07 Å². The number of carbonyl (C=O) groups is 1. The molecule has 1 amide bonds. The van der Waals surface area contributed by atoms with Crippen molar-refractivity contribution in [3.05, 3.63) is 32.7 Å². The Kier molecular flexibility index (Phi) is 4.57. The summed E-state index contributed by atoms with van der Waals surface area (Å²) in [6.07, 6.45) is 0. The monoisotopic (exact) mass is 320 g/mol. The van der Waals surface area contributed by atoms with Gasteiger partial charge >= 0.3 is 0 Å². The second-order valence-corrected chi connectivity index (χ2v) is 4.44. The average Bonchev–Trinajstić information content (AvgIpc) is 2.18. The number of hydrogen-bond donors (Lipinski definition) is 2. The Balaban J connectivity index is 2.83. The van der Waals surface area contributed by atoms with Gasteiger partial charge in [-0.15, -0.1) is 0 Å². The van der Waals surface area contributed by atoms with Crippen molar-refractivity contribution in [1.82, 2.24) is 5.32 Å². The number of carbonyl (C=O) groups excluding carboxylic acids is 1.